The number of anilines is 1. The van der Waals surface area contributed by atoms with Crippen LogP contribution in [0.4, 0.5) is 19.3 Å². The van der Waals surface area contributed by atoms with E-state index in [0.29, 0.717) is 23.7 Å². The summed E-state index contributed by atoms with van der Waals surface area (Å²) in [5.41, 5.74) is 1.09. The Morgan fingerprint density at radius 1 is 1.28 bits per heavy atom. The lowest BCUT2D eigenvalue weighted by molar-refractivity contribution is -0.168. The third kappa shape index (κ3) is 3.86. The molecule has 0 saturated heterocycles. The van der Waals surface area contributed by atoms with Gasteiger partial charge in [-0.05, 0) is 6.07 Å². The van der Waals surface area contributed by atoms with Gasteiger partial charge in [0.25, 0.3) is 11.8 Å². The number of fused-ring (bicyclic) bond motifs is 3. The second-order valence-electron chi connectivity index (χ2n) is 7.31. The SMILES string of the molecule is CNC(=O)C1Cn2nc3c(c2C(=O)N(C)O1)CN(C(=O)Nc1cc(Cl)c(F)cc1F)CC3. The molecule has 0 radical (unpaired) electrons. The monoisotopic (exact) mass is 468 g/mol. The number of benzene rings is 1. The van der Waals surface area contributed by atoms with Crippen LogP contribution in [-0.4, -0.2) is 64.3 Å². The van der Waals surface area contributed by atoms with Gasteiger partial charge in [0.15, 0.2) is 6.10 Å². The van der Waals surface area contributed by atoms with Crippen LogP contribution in [-0.2, 0) is 29.1 Å². The first-order valence-corrected chi connectivity index (χ1v) is 10.0. The predicted octanol–water partition coefficient (Wildman–Crippen LogP) is 1.54. The van der Waals surface area contributed by atoms with Gasteiger partial charge in [-0.2, -0.15) is 5.10 Å². The van der Waals surface area contributed by atoms with Gasteiger partial charge in [-0.1, -0.05) is 11.6 Å². The highest BCUT2D eigenvalue weighted by atomic mass is 35.5. The zero-order valence-corrected chi connectivity index (χ0v) is 17.9. The van der Waals surface area contributed by atoms with E-state index in [9.17, 15) is 23.2 Å². The fourth-order valence-electron chi connectivity index (χ4n) is 3.65. The molecule has 0 fully saturated rings. The first-order chi connectivity index (χ1) is 15.2. The lowest BCUT2D eigenvalue weighted by atomic mass is 10.1. The Morgan fingerprint density at radius 2 is 2.03 bits per heavy atom. The largest absolute Gasteiger partial charge is 0.357 e. The molecule has 13 heteroatoms. The van der Waals surface area contributed by atoms with E-state index in [1.54, 1.807) is 0 Å². The number of carbonyl (C=O) groups excluding carboxylic acids is 3. The van der Waals surface area contributed by atoms with Crippen molar-refractivity contribution >= 4 is 35.1 Å². The van der Waals surface area contributed by atoms with Crippen molar-refractivity contribution in [2.75, 3.05) is 26.0 Å². The van der Waals surface area contributed by atoms with E-state index in [-0.39, 0.29) is 36.0 Å². The molecule has 1 unspecified atom stereocenters. The lowest BCUT2D eigenvalue weighted by Crippen LogP contribution is -2.41. The first-order valence-electron chi connectivity index (χ1n) is 9.65. The average Bonchev–Trinajstić information content (AvgIpc) is 3.06. The molecule has 10 nitrogen and oxygen atoms in total. The molecule has 2 aliphatic heterocycles. The Balaban J connectivity index is 1.59. The normalized spacial score (nSPS) is 18.0. The van der Waals surface area contributed by atoms with E-state index in [2.05, 4.69) is 15.7 Å². The highest BCUT2D eigenvalue weighted by Crippen LogP contribution is 2.28. The van der Waals surface area contributed by atoms with E-state index < -0.39 is 35.6 Å². The fraction of sp³-hybridized carbons (Fsp3) is 0.368. The van der Waals surface area contributed by atoms with E-state index in [4.69, 9.17) is 16.4 Å². The summed E-state index contributed by atoms with van der Waals surface area (Å²) < 4.78 is 28.8. The lowest BCUT2D eigenvalue weighted by Gasteiger charge is -2.27. The summed E-state index contributed by atoms with van der Waals surface area (Å²) in [6.07, 6.45) is -0.611. The van der Waals surface area contributed by atoms with E-state index in [0.717, 1.165) is 11.1 Å². The molecule has 2 aromatic rings. The molecule has 1 atom stereocenters. The van der Waals surface area contributed by atoms with Gasteiger partial charge >= 0.3 is 6.03 Å². The molecule has 0 saturated carbocycles. The molecule has 170 valence electrons. The fourth-order valence-corrected chi connectivity index (χ4v) is 3.82. The van der Waals surface area contributed by atoms with Crippen molar-refractivity contribution in [3.05, 3.63) is 45.7 Å². The van der Waals surface area contributed by atoms with Crippen LogP contribution in [0.1, 0.15) is 21.7 Å². The number of hydrogen-bond donors (Lipinski definition) is 2. The molecule has 0 bridgehead atoms. The molecule has 32 heavy (non-hydrogen) atoms. The average molecular weight is 469 g/mol. The Hall–Kier alpha value is -3.25. The Kier molecular flexibility index (Phi) is 5.73. The van der Waals surface area contributed by atoms with Crippen LogP contribution >= 0.6 is 11.6 Å². The van der Waals surface area contributed by atoms with Crippen molar-refractivity contribution in [2.45, 2.75) is 25.6 Å². The third-order valence-corrected chi connectivity index (χ3v) is 5.58. The molecule has 0 spiro atoms. The van der Waals surface area contributed by atoms with E-state index in [1.165, 1.54) is 23.7 Å². The molecule has 4 amide bonds. The van der Waals surface area contributed by atoms with Crippen LogP contribution in [0, 0.1) is 11.6 Å². The van der Waals surface area contributed by atoms with Crippen LogP contribution in [0.5, 0.6) is 0 Å². The van der Waals surface area contributed by atoms with Crippen LogP contribution in [0.25, 0.3) is 0 Å². The number of hydrogen-bond acceptors (Lipinski definition) is 5. The quantitative estimate of drug-likeness (QED) is 0.650. The van der Waals surface area contributed by atoms with Crippen molar-refractivity contribution in [1.82, 2.24) is 25.1 Å². The number of amides is 4. The zero-order valence-electron chi connectivity index (χ0n) is 17.1. The van der Waals surface area contributed by atoms with Crippen molar-refractivity contribution in [3.63, 3.8) is 0 Å². The highest BCUT2D eigenvalue weighted by Gasteiger charge is 2.37. The van der Waals surface area contributed by atoms with Crippen molar-refractivity contribution in [1.29, 1.82) is 0 Å². The summed E-state index contributed by atoms with van der Waals surface area (Å²) in [5.74, 6) is -2.82. The molecular weight excluding hydrogens is 450 g/mol. The molecule has 3 heterocycles. The van der Waals surface area contributed by atoms with Crippen molar-refractivity contribution in [2.24, 2.45) is 0 Å². The molecule has 2 N–H and O–H groups in total. The summed E-state index contributed by atoms with van der Waals surface area (Å²) in [4.78, 5) is 44.5. The van der Waals surface area contributed by atoms with Gasteiger partial charge in [0.2, 0.25) is 0 Å². The maximum atomic E-state index is 14.0. The minimum Gasteiger partial charge on any atom is -0.357 e. The standard InChI is InChI=1S/C19H19ClF2N6O4/c1-23-17(29)15-8-28-16(18(30)26(2)32-15)9-7-27(4-3-13(9)25-28)19(31)24-14-5-10(20)11(21)6-12(14)22/h5-6,15H,3-4,7-8H2,1-2H3,(H,23,29)(H,24,31). The molecule has 0 aliphatic carbocycles. The molecule has 4 rings (SSSR count). The van der Waals surface area contributed by atoms with Crippen LogP contribution in [0.2, 0.25) is 5.02 Å². The summed E-state index contributed by atoms with van der Waals surface area (Å²) in [5, 5.41) is 9.94. The van der Waals surface area contributed by atoms with Crippen LogP contribution < -0.4 is 10.6 Å². The number of nitrogens with one attached hydrogen (secondary N) is 2. The summed E-state index contributed by atoms with van der Waals surface area (Å²) in [6, 6.07) is 0.924. The number of urea groups is 1. The smallest absolute Gasteiger partial charge is 0.322 e. The Morgan fingerprint density at radius 3 is 2.75 bits per heavy atom. The van der Waals surface area contributed by atoms with Crippen molar-refractivity contribution in [3.8, 4) is 0 Å². The van der Waals surface area contributed by atoms with Crippen molar-refractivity contribution < 1.29 is 28.0 Å². The summed E-state index contributed by atoms with van der Waals surface area (Å²) in [6.45, 7) is 0.298. The van der Waals surface area contributed by atoms with Gasteiger partial charge in [-0.25, -0.2) is 18.6 Å². The number of aromatic nitrogens is 2. The Bertz CT molecular complexity index is 1120. The van der Waals surface area contributed by atoms with Gasteiger partial charge in [-0.15, -0.1) is 0 Å². The van der Waals surface area contributed by atoms with Gasteiger partial charge in [0, 0.05) is 38.7 Å². The van der Waals surface area contributed by atoms with Gasteiger partial charge in [-0.3, -0.25) is 19.1 Å². The zero-order chi connectivity index (χ0) is 23.2. The van der Waals surface area contributed by atoms with Crippen LogP contribution in [0.15, 0.2) is 12.1 Å². The summed E-state index contributed by atoms with van der Waals surface area (Å²) in [7, 11) is 2.85. The third-order valence-electron chi connectivity index (χ3n) is 5.29. The number of rotatable bonds is 2. The minimum atomic E-state index is -0.966. The topological polar surface area (TPSA) is 109 Å². The maximum absolute atomic E-state index is 14.0. The second-order valence-corrected chi connectivity index (χ2v) is 7.72. The van der Waals surface area contributed by atoms with Gasteiger partial charge < -0.3 is 15.5 Å². The van der Waals surface area contributed by atoms with Gasteiger partial charge in [0.1, 0.15) is 17.3 Å². The highest BCUT2D eigenvalue weighted by molar-refractivity contribution is 6.31. The van der Waals surface area contributed by atoms with E-state index >= 15 is 0 Å². The molecule has 1 aromatic heterocycles. The van der Waals surface area contributed by atoms with Gasteiger partial charge in [0.05, 0.1) is 29.5 Å². The number of hydroxylamine groups is 2. The molecular formula is C19H19ClF2N6O4. The Labute approximate surface area is 186 Å². The maximum Gasteiger partial charge on any atom is 0.322 e. The predicted molar refractivity (Wildman–Crippen MR) is 108 cm³/mol. The minimum absolute atomic E-state index is 0.0174. The first kappa shape index (κ1) is 22.0. The van der Waals surface area contributed by atoms with Crippen LogP contribution in [0.3, 0.4) is 0 Å². The summed E-state index contributed by atoms with van der Waals surface area (Å²) >= 11 is 5.68. The second kappa shape index (κ2) is 8.36. The van der Waals surface area contributed by atoms with E-state index in [1.807, 2.05) is 0 Å². The molecule has 2 aliphatic rings. The number of nitrogens with zero attached hydrogens (tertiary/aromatic N) is 4. The number of likely N-dealkylation sites (N-methyl/N-ethyl adjacent to an activating group) is 1. The molecule has 1 aromatic carbocycles. The number of carbonyl (C=O) groups is 3. The number of halogens is 3.